The van der Waals surface area contributed by atoms with Crippen LogP contribution in [0.2, 0.25) is 0 Å². The number of rotatable bonds is 7. The van der Waals surface area contributed by atoms with Crippen molar-refractivity contribution in [2.24, 2.45) is 5.92 Å². The largest absolute Gasteiger partial charge is 0.394 e. The molecule has 1 aromatic heterocycles. The van der Waals surface area contributed by atoms with Crippen molar-refractivity contribution in [3.63, 3.8) is 0 Å². The van der Waals surface area contributed by atoms with Crippen LogP contribution in [0.4, 0.5) is 0 Å². The molecule has 1 aliphatic carbocycles. The summed E-state index contributed by atoms with van der Waals surface area (Å²) in [7, 11) is 0. The highest BCUT2D eigenvalue weighted by molar-refractivity contribution is 5.24. The van der Waals surface area contributed by atoms with Crippen LogP contribution in [0.1, 0.15) is 43.6 Å². The second-order valence-electron chi connectivity index (χ2n) is 5.78. The third-order valence-electron chi connectivity index (χ3n) is 4.49. The van der Waals surface area contributed by atoms with Gasteiger partial charge in [0.15, 0.2) is 0 Å². The molecule has 19 heavy (non-hydrogen) atoms. The summed E-state index contributed by atoms with van der Waals surface area (Å²) in [4.78, 5) is 0. The van der Waals surface area contributed by atoms with E-state index in [4.69, 9.17) is 0 Å². The van der Waals surface area contributed by atoms with Crippen molar-refractivity contribution in [3.05, 3.63) is 17.0 Å². The molecule has 108 valence electrons. The maximum atomic E-state index is 9.90. The van der Waals surface area contributed by atoms with E-state index in [9.17, 15) is 5.11 Å². The molecule has 0 amide bonds. The number of nitrogens with zero attached hydrogens (tertiary/aromatic N) is 2. The fraction of sp³-hybridized carbons (Fsp3) is 0.800. The van der Waals surface area contributed by atoms with Gasteiger partial charge in [-0.2, -0.15) is 5.10 Å². The van der Waals surface area contributed by atoms with Crippen LogP contribution in [0, 0.1) is 19.8 Å². The molecule has 1 fully saturated rings. The lowest BCUT2D eigenvalue weighted by Gasteiger charge is -2.33. The Morgan fingerprint density at radius 3 is 2.47 bits per heavy atom. The molecule has 1 saturated carbocycles. The average Bonchev–Trinajstić information content (AvgIpc) is 3.19. The van der Waals surface area contributed by atoms with Crippen molar-refractivity contribution in [1.29, 1.82) is 0 Å². The van der Waals surface area contributed by atoms with E-state index in [-0.39, 0.29) is 12.1 Å². The lowest BCUT2D eigenvalue weighted by Crippen LogP contribution is -2.54. The van der Waals surface area contributed by atoms with Gasteiger partial charge in [-0.15, -0.1) is 0 Å². The molecule has 1 unspecified atom stereocenters. The summed E-state index contributed by atoms with van der Waals surface area (Å²) >= 11 is 0. The van der Waals surface area contributed by atoms with Gasteiger partial charge >= 0.3 is 0 Å². The van der Waals surface area contributed by atoms with Crippen LogP contribution in [-0.2, 0) is 13.0 Å². The Hall–Kier alpha value is -0.870. The molecule has 0 spiro atoms. The van der Waals surface area contributed by atoms with E-state index in [0.29, 0.717) is 5.92 Å². The molecule has 1 heterocycles. The maximum Gasteiger partial charge on any atom is 0.0641 e. The lowest BCUT2D eigenvalue weighted by molar-refractivity contribution is 0.119. The molecule has 4 nitrogen and oxygen atoms in total. The summed E-state index contributed by atoms with van der Waals surface area (Å²) in [6, 6.07) is 0. The van der Waals surface area contributed by atoms with Crippen molar-refractivity contribution in [2.45, 2.75) is 59.0 Å². The zero-order valence-electron chi connectivity index (χ0n) is 12.7. The van der Waals surface area contributed by atoms with Gasteiger partial charge in [-0.3, -0.25) is 4.68 Å². The van der Waals surface area contributed by atoms with E-state index >= 15 is 0 Å². The Morgan fingerprint density at radius 1 is 1.37 bits per heavy atom. The van der Waals surface area contributed by atoms with Crippen molar-refractivity contribution in [2.75, 3.05) is 13.2 Å². The minimum atomic E-state index is -0.191. The zero-order chi connectivity index (χ0) is 14.0. The molecule has 1 atom stereocenters. The Bertz CT molecular complexity index is 437. The molecule has 4 heteroatoms. The Balaban J connectivity index is 2.26. The van der Waals surface area contributed by atoms with Gasteiger partial charge in [0, 0.05) is 5.69 Å². The topological polar surface area (TPSA) is 50.1 Å². The number of hydrogen-bond donors (Lipinski definition) is 2. The van der Waals surface area contributed by atoms with E-state index in [1.807, 2.05) is 0 Å². The van der Waals surface area contributed by atoms with E-state index in [0.717, 1.165) is 25.2 Å². The number of aryl methyl sites for hydroxylation is 1. The fourth-order valence-electron chi connectivity index (χ4n) is 3.22. The van der Waals surface area contributed by atoms with Crippen molar-refractivity contribution < 1.29 is 5.11 Å². The summed E-state index contributed by atoms with van der Waals surface area (Å²) in [5, 5.41) is 18.1. The predicted octanol–water partition coefficient (Wildman–Crippen LogP) is 1.81. The number of likely N-dealkylation sites (N-methyl/N-ethyl adjacent to an activating group) is 1. The van der Waals surface area contributed by atoms with Crippen LogP contribution in [0.15, 0.2) is 0 Å². The molecular weight excluding hydrogens is 238 g/mol. The molecular formula is C15H27N3O. The van der Waals surface area contributed by atoms with Gasteiger partial charge in [0.25, 0.3) is 0 Å². The average molecular weight is 265 g/mol. The van der Waals surface area contributed by atoms with Gasteiger partial charge < -0.3 is 10.4 Å². The smallest absolute Gasteiger partial charge is 0.0641 e. The SMILES string of the molecule is CCNC(CO)(Cn1nc(C)c(CC)c1C)C1CC1. The number of aromatic nitrogens is 2. The number of aliphatic hydroxyl groups excluding tert-OH is 1. The first-order valence-electron chi connectivity index (χ1n) is 7.46. The van der Waals surface area contributed by atoms with Crippen molar-refractivity contribution in [3.8, 4) is 0 Å². The van der Waals surface area contributed by atoms with E-state index in [1.165, 1.54) is 24.1 Å². The summed E-state index contributed by atoms with van der Waals surface area (Å²) in [6.07, 6.45) is 3.45. The van der Waals surface area contributed by atoms with E-state index in [1.54, 1.807) is 0 Å². The van der Waals surface area contributed by atoms with Gasteiger partial charge in [-0.1, -0.05) is 13.8 Å². The fourth-order valence-corrected chi connectivity index (χ4v) is 3.22. The Labute approximate surface area is 116 Å². The first-order valence-corrected chi connectivity index (χ1v) is 7.46. The summed E-state index contributed by atoms with van der Waals surface area (Å²) in [5.74, 6) is 0.589. The number of hydrogen-bond acceptors (Lipinski definition) is 3. The molecule has 1 aromatic rings. The monoisotopic (exact) mass is 265 g/mol. The lowest BCUT2D eigenvalue weighted by atomic mass is 9.93. The Kier molecular flexibility index (Phi) is 4.31. The maximum absolute atomic E-state index is 9.90. The van der Waals surface area contributed by atoms with Crippen LogP contribution < -0.4 is 5.32 Å². The van der Waals surface area contributed by atoms with Crippen molar-refractivity contribution in [1.82, 2.24) is 15.1 Å². The number of aliphatic hydroxyl groups is 1. The van der Waals surface area contributed by atoms with Gasteiger partial charge in [-0.25, -0.2) is 0 Å². The highest BCUT2D eigenvalue weighted by Crippen LogP contribution is 2.40. The van der Waals surface area contributed by atoms with Gasteiger partial charge in [-0.05, 0) is 51.1 Å². The Morgan fingerprint density at radius 2 is 2.05 bits per heavy atom. The molecule has 2 N–H and O–H groups in total. The standard InChI is InChI=1S/C15H27N3O/c1-5-14-11(3)17-18(12(14)4)9-15(10-19,16-6-2)13-7-8-13/h13,16,19H,5-10H2,1-4H3. The molecule has 2 rings (SSSR count). The van der Waals surface area contributed by atoms with Crippen LogP contribution in [-0.4, -0.2) is 33.6 Å². The second-order valence-corrected chi connectivity index (χ2v) is 5.78. The van der Waals surface area contributed by atoms with Gasteiger partial charge in [0.1, 0.15) is 0 Å². The summed E-state index contributed by atoms with van der Waals surface area (Å²) in [6.45, 7) is 10.3. The van der Waals surface area contributed by atoms with Crippen LogP contribution in [0.25, 0.3) is 0 Å². The first kappa shape index (κ1) is 14.5. The zero-order valence-corrected chi connectivity index (χ0v) is 12.7. The highest BCUT2D eigenvalue weighted by atomic mass is 16.3. The van der Waals surface area contributed by atoms with Gasteiger partial charge in [0.2, 0.25) is 0 Å². The summed E-state index contributed by atoms with van der Waals surface area (Å²) in [5.41, 5.74) is 3.53. The first-order chi connectivity index (χ1) is 9.07. The molecule has 0 aliphatic heterocycles. The molecule has 0 radical (unpaired) electrons. The second kappa shape index (κ2) is 5.63. The third-order valence-corrected chi connectivity index (χ3v) is 4.49. The quantitative estimate of drug-likeness (QED) is 0.790. The van der Waals surface area contributed by atoms with E-state index < -0.39 is 0 Å². The number of nitrogens with one attached hydrogen (secondary N) is 1. The highest BCUT2D eigenvalue weighted by Gasteiger charge is 2.45. The van der Waals surface area contributed by atoms with Crippen LogP contribution in [0.3, 0.4) is 0 Å². The minimum Gasteiger partial charge on any atom is -0.394 e. The molecule has 0 aromatic carbocycles. The van der Waals surface area contributed by atoms with Crippen molar-refractivity contribution >= 4 is 0 Å². The van der Waals surface area contributed by atoms with Crippen LogP contribution in [0.5, 0.6) is 0 Å². The van der Waals surface area contributed by atoms with E-state index in [2.05, 4.69) is 42.8 Å². The van der Waals surface area contributed by atoms with Crippen LogP contribution >= 0.6 is 0 Å². The molecule has 0 saturated heterocycles. The molecule has 0 bridgehead atoms. The third kappa shape index (κ3) is 2.70. The normalized spacial score (nSPS) is 18.6. The minimum absolute atomic E-state index is 0.186. The summed E-state index contributed by atoms with van der Waals surface area (Å²) < 4.78 is 2.09. The van der Waals surface area contributed by atoms with Gasteiger partial charge in [0.05, 0.1) is 24.4 Å². The molecule has 1 aliphatic rings. The predicted molar refractivity (Wildman–Crippen MR) is 77.3 cm³/mol.